The molecule has 0 saturated heterocycles. The van der Waals surface area contributed by atoms with Crippen molar-refractivity contribution in [3.8, 4) is 11.5 Å². The Kier molecular flexibility index (Phi) is 2.71. The second-order valence-electron chi connectivity index (χ2n) is 4.11. The Morgan fingerprint density at radius 2 is 1.64 bits per heavy atom. The molecule has 0 spiro atoms. The van der Waals surface area contributed by atoms with Gasteiger partial charge in [0.1, 0.15) is 11.5 Å². The van der Waals surface area contributed by atoms with Gasteiger partial charge in [0.2, 0.25) is 0 Å². The summed E-state index contributed by atoms with van der Waals surface area (Å²) >= 11 is 0. The fourth-order valence-electron chi connectivity index (χ4n) is 1.37. The molecule has 0 fully saturated rings. The van der Waals surface area contributed by atoms with Crippen LogP contribution in [0.2, 0.25) is 0 Å². The molecule has 0 saturated carbocycles. The van der Waals surface area contributed by atoms with Crippen molar-refractivity contribution in [2.24, 2.45) is 11.7 Å². The molecule has 78 valence electrons. The van der Waals surface area contributed by atoms with Gasteiger partial charge in [0, 0.05) is 5.54 Å². The first kappa shape index (κ1) is 10.9. The second kappa shape index (κ2) is 3.50. The topological polar surface area (TPSA) is 66.5 Å². The molecule has 0 aromatic heterocycles. The number of hydrogen-bond donors (Lipinski definition) is 3. The van der Waals surface area contributed by atoms with Crippen LogP contribution in [0.5, 0.6) is 11.5 Å². The zero-order valence-corrected chi connectivity index (χ0v) is 8.78. The molecule has 0 aliphatic heterocycles. The zero-order valence-electron chi connectivity index (χ0n) is 8.78. The van der Waals surface area contributed by atoms with Crippen molar-refractivity contribution < 1.29 is 10.2 Å². The first-order valence-electron chi connectivity index (χ1n) is 4.67. The zero-order chi connectivity index (χ0) is 10.9. The normalized spacial score (nSPS) is 15.5. The standard InChI is InChI=1S/C11H17NO2/c1-7(2)11(3,12)10-8(13)5-4-6-9(10)14/h4-7,13-14H,12H2,1-3H3. The Bertz CT molecular complexity index is 312. The molecule has 1 atom stereocenters. The van der Waals surface area contributed by atoms with E-state index in [0.717, 1.165) is 0 Å². The molecule has 1 aromatic carbocycles. The van der Waals surface area contributed by atoms with Crippen LogP contribution in [0, 0.1) is 5.92 Å². The molecule has 1 aromatic rings. The smallest absolute Gasteiger partial charge is 0.124 e. The lowest BCUT2D eigenvalue weighted by molar-refractivity contribution is 0.317. The molecular formula is C11H17NO2. The van der Waals surface area contributed by atoms with Gasteiger partial charge in [-0.25, -0.2) is 0 Å². The van der Waals surface area contributed by atoms with Crippen molar-refractivity contribution in [1.29, 1.82) is 0 Å². The van der Waals surface area contributed by atoms with Gasteiger partial charge in [-0.15, -0.1) is 0 Å². The van der Waals surface area contributed by atoms with E-state index in [1.54, 1.807) is 13.0 Å². The van der Waals surface area contributed by atoms with Crippen LogP contribution in [0.1, 0.15) is 26.3 Å². The number of benzene rings is 1. The quantitative estimate of drug-likeness (QED) is 0.675. The summed E-state index contributed by atoms with van der Waals surface area (Å²) in [6.45, 7) is 5.70. The Morgan fingerprint density at radius 1 is 1.21 bits per heavy atom. The van der Waals surface area contributed by atoms with E-state index in [4.69, 9.17) is 5.73 Å². The lowest BCUT2D eigenvalue weighted by Crippen LogP contribution is -2.38. The number of hydrogen-bond acceptors (Lipinski definition) is 3. The number of aromatic hydroxyl groups is 2. The van der Waals surface area contributed by atoms with E-state index in [-0.39, 0.29) is 17.4 Å². The molecule has 14 heavy (non-hydrogen) atoms. The van der Waals surface area contributed by atoms with Gasteiger partial charge in [0.15, 0.2) is 0 Å². The van der Waals surface area contributed by atoms with Crippen LogP contribution in [0.4, 0.5) is 0 Å². The predicted molar refractivity (Wildman–Crippen MR) is 56.1 cm³/mol. The Hall–Kier alpha value is -1.22. The minimum Gasteiger partial charge on any atom is -0.507 e. The van der Waals surface area contributed by atoms with Gasteiger partial charge in [-0.05, 0) is 25.0 Å². The Balaban J connectivity index is 3.31. The SMILES string of the molecule is CC(C)C(C)(N)c1c(O)cccc1O. The van der Waals surface area contributed by atoms with Crippen molar-refractivity contribution in [2.75, 3.05) is 0 Å². The molecular weight excluding hydrogens is 178 g/mol. The first-order chi connectivity index (χ1) is 6.37. The summed E-state index contributed by atoms with van der Waals surface area (Å²) in [5, 5.41) is 19.3. The number of nitrogens with two attached hydrogens (primary N) is 1. The van der Waals surface area contributed by atoms with Crippen molar-refractivity contribution in [3.05, 3.63) is 23.8 Å². The van der Waals surface area contributed by atoms with E-state index in [1.807, 2.05) is 13.8 Å². The Labute approximate surface area is 84.2 Å². The maximum absolute atomic E-state index is 9.64. The summed E-state index contributed by atoms with van der Waals surface area (Å²) in [6, 6.07) is 4.65. The van der Waals surface area contributed by atoms with E-state index in [0.29, 0.717) is 5.56 Å². The van der Waals surface area contributed by atoms with E-state index in [2.05, 4.69) is 0 Å². The number of rotatable bonds is 2. The largest absolute Gasteiger partial charge is 0.507 e. The molecule has 0 bridgehead atoms. The number of phenols is 2. The van der Waals surface area contributed by atoms with E-state index >= 15 is 0 Å². The molecule has 0 aliphatic rings. The van der Waals surface area contributed by atoms with Crippen molar-refractivity contribution in [2.45, 2.75) is 26.3 Å². The molecule has 0 amide bonds. The van der Waals surface area contributed by atoms with Crippen LogP contribution in [0.15, 0.2) is 18.2 Å². The molecule has 3 heteroatoms. The molecule has 3 nitrogen and oxygen atoms in total. The lowest BCUT2D eigenvalue weighted by Gasteiger charge is -2.30. The highest BCUT2D eigenvalue weighted by Crippen LogP contribution is 2.38. The fourth-order valence-corrected chi connectivity index (χ4v) is 1.37. The maximum Gasteiger partial charge on any atom is 0.124 e. The van der Waals surface area contributed by atoms with Crippen LogP contribution < -0.4 is 5.73 Å². The second-order valence-corrected chi connectivity index (χ2v) is 4.11. The summed E-state index contributed by atoms with van der Waals surface area (Å²) in [7, 11) is 0. The van der Waals surface area contributed by atoms with Crippen LogP contribution in [-0.4, -0.2) is 10.2 Å². The summed E-state index contributed by atoms with van der Waals surface area (Å²) < 4.78 is 0. The van der Waals surface area contributed by atoms with Crippen molar-refractivity contribution in [3.63, 3.8) is 0 Å². The molecule has 0 radical (unpaired) electrons. The monoisotopic (exact) mass is 195 g/mol. The van der Waals surface area contributed by atoms with E-state index < -0.39 is 5.54 Å². The van der Waals surface area contributed by atoms with Gasteiger partial charge in [0.05, 0.1) is 5.56 Å². The average Bonchev–Trinajstić information content (AvgIpc) is 2.02. The van der Waals surface area contributed by atoms with Gasteiger partial charge in [-0.2, -0.15) is 0 Å². The summed E-state index contributed by atoms with van der Waals surface area (Å²) in [4.78, 5) is 0. The molecule has 0 heterocycles. The molecule has 4 N–H and O–H groups in total. The third-order valence-corrected chi connectivity index (χ3v) is 2.76. The summed E-state index contributed by atoms with van der Waals surface area (Å²) in [5.74, 6) is 0.217. The molecule has 1 unspecified atom stereocenters. The highest BCUT2D eigenvalue weighted by atomic mass is 16.3. The summed E-state index contributed by atoms with van der Waals surface area (Å²) in [5.41, 5.74) is 5.75. The van der Waals surface area contributed by atoms with Crippen molar-refractivity contribution in [1.82, 2.24) is 0 Å². The number of phenolic OH excluding ortho intramolecular Hbond substituents is 2. The van der Waals surface area contributed by atoms with E-state index in [1.165, 1.54) is 12.1 Å². The van der Waals surface area contributed by atoms with Gasteiger partial charge >= 0.3 is 0 Å². The van der Waals surface area contributed by atoms with Gasteiger partial charge in [-0.1, -0.05) is 19.9 Å². The van der Waals surface area contributed by atoms with Gasteiger partial charge in [0.25, 0.3) is 0 Å². The Morgan fingerprint density at radius 3 is 2.00 bits per heavy atom. The highest BCUT2D eigenvalue weighted by Gasteiger charge is 2.30. The third kappa shape index (κ3) is 1.68. The van der Waals surface area contributed by atoms with Crippen LogP contribution >= 0.6 is 0 Å². The maximum atomic E-state index is 9.64. The molecule has 1 rings (SSSR count). The molecule has 0 aliphatic carbocycles. The van der Waals surface area contributed by atoms with Gasteiger partial charge in [-0.3, -0.25) is 0 Å². The van der Waals surface area contributed by atoms with Crippen LogP contribution in [-0.2, 0) is 5.54 Å². The van der Waals surface area contributed by atoms with Crippen LogP contribution in [0.3, 0.4) is 0 Å². The highest BCUT2D eigenvalue weighted by molar-refractivity contribution is 5.47. The third-order valence-electron chi connectivity index (χ3n) is 2.76. The minimum atomic E-state index is -0.727. The average molecular weight is 195 g/mol. The minimum absolute atomic E-state index is 0.0451. The first-order valence-corrected chi connectivity index (χ1v) is 4.67. The van der Waals surface area contributed by atoms with Crippen LogP contribution in [0.25, 0.3) is 0 Å². The van der Waals surface area contributed by atoms with Crippen molar-refractivity contribution >= 4 is 0 Å². The summed E-state index contributed by atoms with van der Waals surface area (Å²) in [6.07, 6.45) is 0. The predicted octanol–water partition coefficient (Wildman–Crippen LogP) is 1.93. The fraction of sp³-hybridized carbons (Fsp3) is 0.455. The lowest BCUT2D eigenvalue weighted by atomic mass is 9.81. The van der Waals surface area contributed by atoms with E-state index in [9.17, 15) is 10.2 Å². The van der Waals surface area contributed by atoms with Gasteiger partial charge < -0.3 is 15.9 Å².